The Hall–Kier alpha value is -4.06. The molecule has 0 unspecified atom stereocenters. The summed E-state index contributed by atoms with van der Waals surface area (Å²) in [7, 11) is 0. The number of hydrogen-bond donors (Lipinski definition) is 0. The second kappa shape index (κ2) is 10.5. The molecule has 35 heavy (non-hydrogen) atoms. The largest absolute Gasteiger partial charge is 0.494 e. The summed E-state index contributed by atoms with van der Waals surface area (Å²) in [5.41, 5.74) is 4.22. The van der Waals surface area contributed by atoms with Crippen LogP contribution in [-0.4, -0.2) is 30.8 Å². The van der Waals surface area contributed by atoms with Gasteiger partial charge < -0.3 is 18.6 Å². The third-order valence-corrected chi connectivity index (χ3v) is 5.95. The first-order chi connectivity index (χ1) is 17.2. The number of fused-ring (bicyclic) bond motifs is 2. The smallest absolute Gasteiger partial charge is 0.339 e. The molecule has 0 bridgehead atoms. The highest BCUT2D eigenvalue weighted by Gasteiger charge is 2.26. The molecule has 0 fully saturated rings. The second-order valence-electron chi connectivity index (χ2n) is 8.26. The molecule has 0 saturated carbocycles. The number of carbonyl (C=O) groups is 1. The predicted molar refractivity (Wildman–Crippen MR) is 135 cm³/mol. The number of furan rings is 1. The average Bonchev–Trinajstić information content (AvgIpc) is 3.40. The molecule has 0 N–H and O–H groups in total. The number of para-hydroxylation sites is 1. The summed E-state index contributed by atoms with van der Waals surface area (Å²) >= 11 is 0. The van der Waals surface area contributed by atoms with Crippen molar-refractivity contribution in [3.63, 3.8) is 0 Å². The van der Waals surface area contributed by atoms with Gasteiger partial charge in [0.2, 0.25) is 0 Å². The minimum absolute atomic E-state index is 0.145. The number of esters is 1. The minimum atomic E-state index is -0.352. The van der Waals surface area contributed by atoms with Gasteiger partial charge in [-0.3, -0.25) is 0 Å². The molecule has 1 aliphatic rings. The molecule has 0 amide bonds. The zero-order chi connectivity index (χ0) is 24.0. The Morgan fingerprint density at radius 3 is 2.54 bits per heavy atom. The maximum Gasteiger partial charge on any atom is 0.339 e. The summed E-state index contributed by atoms with van der Waals surface area (Å²) in [5.74, 6) is 1.91. The van der Waals surface area contributed by atoms with E-state index in [9.17, 15) is 4.79 Å². The molecule has 6 nitrogen and oxygen atoms in total. The molecule has 0 saturated heterocycles. The first-order valence-corrected chi connectivity index (χ1v) is 11.9. The van der Waals surface area contributed by atoms with Gasteiger partial charge in [0.05, 0.1) is 29.6 Å². The van der Waals surface area contributed by atoms with Gasteiger partial charge in [0, 0.05) is 5.39 Å². The van der Waals surface area contributed by atoms with E-state index in [4.69, 9.17) is 23.6 Å². The lowest BCUT2D eigenvalue weighted by atomic mass is 9.86. The van der Waals surface area contributed by atoms with Crippen molar-refractivity contribution in [2.24, 2.45) is 0 Å². The van der Waals surface area contributed by atoms with Gasteiger partial charge in [-0.25, -0.2) is 9.78 Å². The van der Waals surface area contributed by atoms with Crippen LogP contribution in [0.1, 0.15) is 47.1 Å². The number of benzene rings is 2. The van der Waals surface area contributed by atoms with Crippen LogP contribution in [0.4, 0.5) is 0 Å². The molecule has 1 aliphatic carbocycles. The van der Waals surface area contributed by atoms with Crippen molar-refractivity contribution < 1.29 is 23.4 Å². The maximum atomic E-state index is 13.3. The highest BCUT2D eigenvalue weighted by molar-refractivity contribution is 6.06. The van der Waals surface area contributed by atoms with Gasteiger partial charge in [-0.05, 0) is 85.9 Å². The molecule has 6 heteroatoms. The van der Waals surface area contributed by atoms with E-state index in [2.05, 4.69) is 0 Å². The zero-order valence-electron chi connectivity index (χ0n) is 19.7. The molecule has 4 aromatic rings. The Labute approximate surface area is 204 Å². The quantitative estimate of drug-likeness (QED) is 0.222. The van der Waals surface area contributed by atoms with E-state index in [0.29, 0.717) is 17.9 Å². The zero-order valence-corrected chi connectivity index (χ0v) is 19.7. The minimum Gasteiger partial charge on any atom is -0.494 e. The third kappa shape index (κ3) is 5.06. The molecular formula is C29H27NO5. The number of aromatic nitrogens is 1. The molecule has 0 atom stereocenters. The molecule has 0 radical (unpaired) electrons. The van der Waals surface area contributed by atoms with Crippen LogP contribution in [-0.2, 0) is 11.2 Å². The number of nitrogens with zero attached hydrogens (tertiary/aromatic N) is 1. The topological polar surface area (TPSA) is 70.8 Å². The Kier molecular flexibility index (Phi) is 6.80. The number of ether oxygens (including phenoxy) is 3. The number of allylic oxidation sites excluding steroid dienone is 1. The van der Waals surface area contributed by atoms with Crippen molar-refractivity contribution in [1.29, 1.82) is 0 Å². The normalized spacial score (nSPS) is 14.0. The van der Waals surface area contributed by atoms with E-state index in [-0.39, 0.29) is 19.2 Å². The fourth-order valence-electron chi connectivity index (χ4n) is 4.42. The lowest BCUT2D eigenvalue weighted by Gasteiger charge is -2.22. The predicted octanol–water partition coefficient (Wildman–Crippen LogP) is 6.34. The summed E-state index contributed by atoms with van der Waals surface area (Å²) in [4.78, 5) is 18.2. The van der Waals surface area contributed by atoms with Gasteiger partial charge in [0.25, 0.3) is 0 Å². The van der Waals surface area contributed by atoms with E-state index in [1.54, 1.807) is 6.26 Å². The van der Waals surface area contributed by atoms with E-state index in [1.165, 1.54) is 0 Å². The van der Waals surface area contributed by atoms with Crippen LogP contribution in [0.25, 0.3) is 22.6 Å². The Morgan fingerprint density at radius 2 is 1.77 bits per heavy atom. The Balaban J connectivity index is 1.36. The van der Waals surface area contributed by atoms with E-state index >= 15 is 0 Å². The van der Waals surface area contributed by atoms with Gasteiger partial charge in [-0.2, -0.15) is 0 Å². The highest BCUT2D eigenvalue weighted by Crippen LogP contribution is 2.36. The number of hydrogen-bond acceptors (Lipinski definition) is 6. The summed E-state index contributed by atoms with van der Waals surface area (Å²) in [5, 5.41) is 0.808. The first-order valence-electron chi connectivity index (χ1n) is 11.9. The SMILES string of the molecule is CCOc1ccc(OCCOC(=O)c2c3c(nc4ccccc24)C(=Cc2ccco2)CCC3)cc1. The molecule has 2 aromatic carbocycles. The second-order valence-corrected chi connectivity index (χ2v) is 8.26. The lowest BCUT2D eigenvalue weighted by molar-refractivity contribution is 0.0451. The van der Waals surface area contributed by atoms with E-state index < -0.39 is 0 Å². The van der Waals surface area contributed by atoms with E-state index in [0.717, 1.165) is 58.5 Å². The summed E-state index contributed by atoms with van der Waals surface area (Å²) < 4.78 is 22.4. The van der Waals surface area contributed by atoms with Crippen LogP contribution in [0.2, 0.25) is 0 Å². The molecule has 0 aliphatic heterocycles. The summed E-state index contributed by atoms with van der Waals surface area (Å²) in [6.07, 6.45) is 6.25. The molecule has 0 spiro atoms. The van der Waals surface area contributed by atoms with E-state index in [1.807, 2.05) is 73.7 Å². The highest BCUT2D eigenvalue weighted by atomic mass is 16.6. The van der Waals surface area contributed by atoms with Crippen molar-refractivity contribution in [2.45, 2.75) is 26.2 Å². The van der Waals surface area contributed by atoms with Crippen molar-refractivity contribution in [3.8, 4) is 11.5 Å². The third-order valence-electron chi connectivity index (χ3n) is 5.95. The van der Waals surface area contributed by atoms with Crippen molar-refractivity contribution in [2.75, 3.05) is 19.8 Å². The number of carbonyl (C=O) groups excluding carboxylic acids is 1. The van der Waals surface area contributed by atoms with Crippen LogP contribution in [0.3, 0.4) is 0 Å². The van der Waals surface area contributed by atoms with Gasteiger partial charge in [-0.1, -0.05) is 18.2 Å². The van der Waals surface area contributed by atoms with Crippen molar-refractivity contribution in [3.05, 3.63) is 89.5 Å². The van der Waals surface area contributed by atoms with Crippen LogP contribution in [0.15, 0.2) is 71.3 Å². The number of pyridine rings is 1. The lowest BCUT2D eigenvalue weighted by Crippen LogP contribution is -2.17. The Bertz CT molecular complexity index is 1340. The standard InChI is InChI=1S/C29H27NO5/c1-2-32-21-12-14-22(15-13-21)34-17-18-35-29(31)27-24-9-3-4-11-26(24)30-28-20(7-5-10-25(27)28)19-23-8-6-16-33-23/h3-4,6,8-9,11-16,19H,2,5,7,10,17-18H2,1H3. The molecular weight excluding hydrogens is 442 g/mol. The fraction of sp³-hybridized carbons (Fsp3) is 0.241. The first kappa shape index (κ1) is 22.7. The van der Waals surface area contributed by atoms with Gasteiger partial charge in [-0.15, -0.1) is 0 Å². The molecule has 2 aromatic heterocycles. The summed E-state index contributed by atoms with van der Waals surface area (Å²) in [6.45, 7) is 2.96. The monoisotopic (exact) mass is 469 g/mol. The average molecular weight is 470 g/mol. The maximum absolute atomic E-state index is 13.3. The molecule has 5 rings (SSSR count). The summed E-state index contributed by atoms with van der Waals surface area (Å²) in [6, 6.07) is 18.9. The van der Waals surface area contributed by atoms with Crippen LogP contribution in [0.5, 0.6) is 11.5 Å². The van der Waals surface area contributed by atoms with Gasteiger partial charge >= 0.3 is 5.97 Å². The fourth-order valence-corrected chi connectivity index (χ4v) is 4.42. The van der Waals surface area contributed by atoms with Crippen LogP contribution >= 0.6 is 0 Å². The van der Waals surface area contributed by atoms with Gasteiger partial charge in [0.1, 0.15) is 30.5 Å². The van der Waals surface area contributed by atoms with Crippen LogP contribution in [0, 0.1) is 0 Å². The molecule has 2 heterocycles. The molecule has 178 valence electrons. The Morgan fingerprint density at radius 1 is 0.971 bits per heavy atom. The van der Waals surface area contributed by atoms with Crippen LogP contribution < -0.4 is 9.47 Å². The van der Waals surface area contributed by atoms with Crippen molar-refractivity contribution >= 4 is 28.5 Å². The van der Waals surface area contributed by atoms with Gasteiger partial charge in [0.15, 0.2) is 0 Å². The van der Waals surface area contributed by atoms with Crippen molar-refractivity contribution in [1.82, 2.24) is 4.98 Å². The number of rotatable bonds is 8.